The average Bonchev–Trinajstić information content (AvgIpc) is 3.46. The third-order valence-corrected chi connectivity index (χ3v) is 5.94. The number of furan rings is 1. The number of nitrogens with zero attached hydrogens (tertiary/aromatic N) is 1. The van der Waals surface area contributed by atoms with E-state index in [1.54, 1.807) is 24.3 Å². The van der Waals surface area contributed by atoms with E-state index in [0.29, 0.717) is 33.9 Å². The van der Waals surface area contributed by atoms with E-state index in [-0.39, 0.29) is 18.3 Å². The van der Waals surface area contributed by atoms with Crippen LogP contribution in [0.25, 0.3) is 6.08 Å². The van der Waals surface area contributed by atoms with Crippen LogP contribution in [-0.2, 0) is 17.8 Å². The summed E-state index contributed by atoms with van der Waals surface area (Å²) in [6.45, 7) is 4.42. The Labute approximate surface area is 206 Å². The zero-order chi connectivity index (χ0) is 24.8. The van der Waals surface area contributed by atoms with Gasteiger partial charge in [-0.25, -0.2) is 9.79 Å². The van der Waals surface area contributed by atoms with Gasteiger partial charge in [-0.2, -0.15) is 0 Å². The largest absolute Gasteiger partial charge is 0.490 e. The van der Waals surface area contributed by atoms with Crippen molar-refractivity contribution in [3.8, 4) is 11.5 Å². The maximum atomic E-state index is 12.5. The van der Waals surface area contributed by atoms with Crippen LogP contribution in [0.3, 0.4) is 0 Å². The Balaban J connectivity index is 1.48. The van der Waals surface area contributed by atoms with Gasteiger partial charge in [-0.15, -0.1) is 0 Å². The summed E-state index contributed by atoms with van der Waals surface area (Å²) in [6.07, 6.45) is 2.72. The fraction of sp³-hybridized carbons (Fsp3) is 0.192. The highest BCUT2D eigenvalue weighted by Gasteiger charge is 2.24. The van der Waals surface area contributed by atoms with E-state index in [1.807, 2.05) is 37.3 Å². The number of ether oxygens (including phenoxy) is 2. The smallest absolute Gasteiger partial charge is 0.371 e. The molecule has 2 N–H and O–H groups in total. The van der Waals surface area contributed by atoms with Crippen LogP contribution in [-0.4, -0.2) is 28.8 Å². The van der Waals surface area contributed by atoms with Crippen molar-refractivity contribution in [2.45, 2.75) is 26.9 Å². The van der Waals surface area contributed by atoms with Crippen LogP contribution in [0, 0.1) is 0 Å². The van der Waals surface area contributed by atoms with Crippen LogP contribution in [0.15, 0.2) is 68.9 Å². The molecule has 1 aliphatic rings. The van der Waals surface area contributed by atoms with Crippen LogP contribution in [0.5, 0.6) is 11.5 Å². The molecule has 0 spiro atoms. The Kier molecular flexibility index (Phi) is 7.57. The molecule has 8 nitrogen and oxygen atoms in total. The second-order valence-corrected chi connectivity index (χ2v) is 8.53. The Hall–Kier alpha value is -3.98. The number of amides is 1. The summed E-state index contributed by atoms with van der Waals surface area (Å²) >= 11 is 1.27. The number of hydrogen-bond acceptors (Lipinski definition) is 7. The second-order valence-electron chi connectivity index (χ2n) is 7.50. The molecular weight excluding hydrogens is 468 g/mol. The summed E-state index contributed by atoms with van der Waals surface area (Å²) in [6, 6.07) is 16.2. The third kappa shape index (κ3) is 6.13. The first-order valence-corrected chi connectivity index (χ1v) is 11.9. The molecule has 0 radical (unpaired) electrons. The quantitative estimate of drug-likeness (QED) is 0.384. The molecule has 0 unspecified atom stereocenters. The van der Waals surface area contributed by atoms with E-state index in [0.717, 1.165) is 17.7 Å². The Morgan fingerprint density at radius 2 is 1.89 bits per heavy atom. The molecule has 180 valence electrons. The summed E-state index contributed by atoms with van der Waals surface area (Å²) in [4.78, 5) is 28.5. The number of aryl methyl sites for hydroxylation is 1. The van der Waals surface area contributed by atoms with Crippen molar-refractivity contribution in [2.24, 2.45) is 4.99 Å². The molecule has 1 saturated heterocycles. The van der Waals surface area contributed by atoms with E-state index in [9.17, 15) is 9.59 Å². The van der Waals surface area contributed by atoms with Gasteiger partial charge in [-0.3, -0.25) is 4.79 Å². The van der Waals surface area contributed by atoms with Gasteiger partial charge >= 0.3 is 5.97 Å². The minimum absolute atomic E-state index is 0.0467. The summed E-state index contributed by atoms with van der Waals surface area (Å²) in [5.74, 6) is -0.150. The van der Waals surface area contributed by atoms with Gasteiger partial charge in [-0.05, 0) is 78.7 Å². The Morgan fingerprint density at radius 1 is 1.09 bits per heavy atom. The van der Waals surface area contributed by atoms with E-state index < -0.39 is 5.97 Å². The fourth-order valence-electron chi connectivity index (χ4n) is 3.28. The van der Waals surface area contributed by atoms with Gasteiger partial charge in [0, 0.05) is 0 Å². The lowest BCUT2D eigenvalue weighted by Crippen LogP contribution is -2.19. The van der Waals surface area contributed by atoms with Gasteiger partial charge in [0.25, 0.3) is 5.91 Å². The SMILES string of the molecule is CCOc1cc(C=C2SC(=Nc3ccc(CC)cc3)NC2=O)ccc1OCc1ccc(C(=O)O)o1. The molecule has 0 aliphatic carbocycles. The number of aromatic carboxylic acids is 1. The number of thioether (sulfide) groups is 1. The zero-order valence-corrected chi connectivity index (χ0v) is 20.1. The number of amidine groups is 1. The van der Waals surface area contributed by atoms with E-state index >= 15 is 0 Å². The maximum Gasteiger partial charge on any atom is 0.371 e. The predicted octanol–water partition coefficient (Wildman–Crippen LogP) is 5.41. The standard InChI is InChI=1S/C26H24N2O6S/c1-3-16-5-8-18(9-6-16)27-26-28-24(29)23(35-26)14-17-7-11-20(22(13-17)32-4-2)33-15-19-10-12-21(34-19)25(30)31/h5-14H,3-4,15H2,1-2H3,(H,30,31)(H,27,28,29). The molecule has 0 bridgehead atoms. The van der Waals surface area contributed by atoms with Gasteiger partial charge in [0.1, 0.15) is 12.4 Å². The van der Waals surface area contributed by atoms with Gasteiger partial charge in [0.05, 0.1) is 17.2 Å². The number of aliphatic imine (C=N–C) groups is 1. The number of carbonyl (C=O) groups is 2. The number of rotatable bonds is 9. The molecule has 1 amide bonds. The summed E-state index contributed by atoms with van der Waals surface area (Å²) in [5, 5.41) is 12.3. The molecule has 1 aromatic heterocycles. The van der Waals surface area contributed by atoms with Crippen molar-refractivity contribution < 1.29 is 28.6 Å². The molecule has 35 heavy (non-hydrogen) atoms. The van der Waals surface area contributed by atoms with E-state index in [1.165, 1.54) is 23.4 Å². The number of hydrogen-bond donors (Lipinski definition) is 2. The minimum atomic E-state index is -1.14. The highest BCUT2D eigenvalue weighted by Crippen LogP contribution is 2.33. The first kappa shape index (κ1) is 24.2. The Bertz CT molecular complexity index is 1290. The number of carboxylic acid groups (broad SMARTS) is 1. The number of carboxylic acids is 1. The van der Waals surface area contributed by atoms with Crippen LogP contribution in [0.2, 0.25) is 0 Å². The zero-order valence-electron chi connectivity index (χ0n) is 19.2. The van der Waals surface area contributed by atoms with Crippen LogP contribution >= 0.6 is 11.8 Å². The van der Waals surface area contributed by atoms with Crippen molar-refractivity contribution in [3.05, 3.63) is 82.1 Å². The molecule has 3 aromatic rings. The molecule has 9 heteroatoms. The maximum absolute atomic E-state index is 12.5. The van der Waals surface area contributed by atoms with Gasteiger partial charge in [0.15, 0.2) is 16.7 Å². The molecule has 2 aromatic carbocycles. The van der Waals surface area contributed by atoms with Crippen LogP contribution in [0.1, 0.15) is 41.3 Å². The second kappa shape index (κ2) is 11.0. The Morgan fingerprint density at radius 3 is 2.57 bits per heavy atom. The van der Waals surface area contributed by atoms with Crippen molar-refractivity contribution in [1.29, 1.82) is 0 Å². The van der Waals surface area contributed by atoms with Crippen LogP contribution in [0.4, 0.5) is 5.69 Å². The van der Waals surface area contributed by atoms with Crippen molar-refractivity contribution in [1.82, 2.24) is 5.32 Å². The first-order chi connectivity index (χ1) is 16.9. The third-order valence-electron chi connectivity index (χ3n) is 5.03. The van der Waals surface area contributed by atoms with E-state index in [2.05, 4.69) is 17.2 Å². The lowest BCUT2D eigenvalue weighted by atomic mass is 10.2. The summed E-state index contributed by atoms with van der Waals surface area (Å²) < 4.78 is 16.7. The van der Waals surface area contributed by atoms with Crippen molar-refractivity contribution in [2.75, 3.05) is 6.61 Å². The van der Waals surface area contributed by atoms with Crippen molar-refractivity contribution in [3.63, 3.8) is 0 Å². The topological polar surface area (TPSA) is 110 Å². The van der Waals surface area contributed by atoms with E-state index in [4.69, 9.17) is 19.0 Å². The molecule has 0 atom stereocenters. The lowest BCUT2D eigenvalue weighted by Gasteiger charge is -2.12. The highest BCUT2D eigenvalue weighted by atomic mass is 32.2. The minimum Gasteiger partial charge on any atom is -0.490 e. The average molecular weight is 493 g/mol. The lowest BCUT2D eigenvalue weighted by molar-refractivity contribution is -0.115. The molecule has 0 saturated carbocycles. The normalized spacial score (nSPS) is 15.4. The number of nitrogens with one attached hydrogen (secondary N) is 1. The molecule has 1 fully saturated rings. The van der Waals surface area contributed by atoms with Crippen molar-refractivity contribution >= 4 is 40.6 Å². The summed E-state index contributed by atoms with van der Waals surface area (Å²) in [5.41, 5.74) is 2.76. The van der Waals surface area contributed by atoms with Gasteiger partial charge < -0.3 is 24.3 Å². The first-order valence-electron chi connectivity index (χ1n) is 11.0. The summed E-state index contributed by atoms with van der Waals surface area (Å²) in [7, 11) is 0. The fourth-order valence-corrected chi connectivity index (χ4v) is 4.12. The molecule has 2 heterocycles. The monoisotopic (exact) mass is 492 g/mol. The number of carbonyl (C=O) groups excluding carboxylic acids is 1. The predicted molar refractivity (Wildman–Crippen MR) is 134 cm³/mol. The van der Waals surface area contributed by atoms with Crippen LogP contribution < -0.4 is 14.8 Å². The highest BCUT2D eigenvalue weighted by molar-refractivity contribution is 8.18. The van der Waals surface area contributed by atoms with Gasteiger partial charge in [0.2, 0.25) is 5.76 Å². The number of benzene rings is 2. The van der Waals surface area contributed by atoms with Gasteiger partial charge in [-0.1, -0.05) is 25.1 Å². The molecular formula is C26H24N2O6S. The molecule has 4 rings (SSSR count). The molecule has 1 aliphatic heterocycles.